The maximum absolute atomic E-state index is 13.6. The zero-order valence-electron chi connectivity index (χ0n) is 21.4. The fourth-order valence-corrected chi connectivity index (χ4v) is 4.55. The molecule has 0 bridgehead atoms. The largest absolute Gasteiger partial charge is 0.511 e. The molecule has 0 spiro atoms. The zero-order valence-corrected chi connectivity index (χ0v) is 21.4. The van der Waals surface area contributed by atoms with Crippen molar-refractivity contribution in [3.63, 3.8) is 0 Å². The molecule has 37 heavy (non-hydrogen) atoms. The van der Waals surface area contributed by atoms with E-state index in [4.69, 9.17) is 14.2 Å². The van der Waals surface area contributed by atoms with Gasteiger partial charge in [-0.05, 0) is 38.8 Å². The number of nitrogens with zero attached hydrogens (tertiary/aromatic N) is 3. The van der Waals surface area contributed by atoms with Gasteiger partial charge >= 0.3 is 6.16 Å². The standard InChI is InChI=1S/C28H31N3O6/c1-18(2)30-16-22(24(20-11-7-5-8-12-20)21-13-9-6-10-14-21)31-25(27(30)33)26(23(32)15-29-31)35-17-36-28(34)37-19(3)4/h5-15,18-19,22,24H,16-17H2,1-4H3/t22-/m1/s1. The van der Waals surface area contributed by atoms with Gasteiger partial charge < -0.3 is 19.1 Å². The third-order valence-electron chi connectivity index (χ3n) is 6.17. The molecular weight excluding hydrogens is 474 g/mol. The predicted molar refractivity (Wildman–Crippen MR) is 137 cm³/mol. The number of hydrogen-bond acceptors (Lipinski definition) is 7. The average molecular weight is 506 g/mol. The number of hydrogen-bond donors (Lipinski definition) is 0. The third-order valence-corrected chi connectivity index (χ3v) is 6.17. The smallest absolute Gasteiger partial charge is 0.451 e. The van der Waals surface area contributed by atoms with Crippen molar-refractivity contribution in [1.29, 1.82) is 0 Å². The first-order valence-electron chi connectivity index (χ1n) is 12.3. The molecule has 1 amide bonds. The molecular formula is C28H31N3O6. The van der Waals surface area contributed by atoms with Crippen LogP contribution in [-0.4, -0.2) is 52.2 Å². The van der Waals surface area contributed by atoms with E-state index in [0.29, 0.717) is 6.54 Å². The van der Waals surface area contributed by atoms with E-state index in [1.807, 2.05) is 74.5 Å². The molecule has 0 fully saturated rings. The van der Waals surface area contributed by atoms with Crippen LogP contribution in [0.25, 0.3) is 0 Å². The molecule has 0 saturated heterocycles. The number of benzene rings is 2. The van der Waals surface area contributed by atoms with Crippen molar-refractivity contribution >= 4 is 12.1 Å². The monoisotopic (exact) mass is 505 g/mol. The zero-order chi connectivity index (χ0) is 26.5. The average Bonchev–Trinajstić information content (AvgIpc) is 2.87. The van der Waals surface area contributed by atoms with Crippen molar-refractivity contribution in [2.75, 3.05) is 13.3 Å². The van der Waals surface area contributed by atoms with Crippen LogP contribution >= 0.6 is 0 Å². The second kappa shape index (κ2) is 11.3. The summed E-state index contributed by atoms with van der Waals surface area (Å²) in [6, 6.07) is 19.5. The number of amides is 1. The Morgan fingerprint density at radius 1 is 0.973 bits per heavy atom. The molecule has 1 aliphatic rings. The summed E-state index contributed by atoms with van der Waals surface area (Å²) in [5.74, 6) is -0.765. The molecule has 0 N–H and O–H groups in total. The second-order valence-electron chi connectivity index (χ2n) is 9.37. The highest BCUT2D eigenvalue weighted by Crippen LogP contribution is 2.39. The third kappa shape index (κ3) is 5.66. The highest BCUT2D eigenvalue weighted by Gasteiger charge is 2.40. The lowest BCUT2D eigenvalue weighted by atomic mass is 9.83. The van der Waals surface area contributed by atoms with Crippen LogP contribution in [0.4, 0.5) is 4.79 Å². The van der Waals surface area contributed by atoms with Crippen molar-refractivity contribution in [3.05, 3.63) is 93.9 Å². The fraction of sp³-hybridized carbons (Fsp3) is 0.357. The molecule has 0 aliphatic carbocycles. The van der Waals surface area contributed by atoms with Crippen LogP contribution in [0.5, 0.6) is 5.75 Å². The first kappa shape index (κ1) is 25.9. The van der Waals surface area contributed by atoms with Crippen molar-refractivity contribution in [2.45, 2.75) is 51.8 Å². The van der Waals surface area contributed by atoms with E-state index in [0.717, 1.165) is 17.3 Å². The van der Waals surface area contributed by atoms with E-state index in [2.05, 4.69) is 5.10 Å². The lowest BCUT2D eigenvalue weighted by Gasteiger charge is -2.41. The summed E-state index contributed by atoms with van der Waals surface area (Å²) in [5, 5.41) is 4.40. The molecule has 9 nitrogen and oxygen atoms in total. The summed E-state index contributed by atoms with van der Waals surface area (Å²) in [6.45, 7) is 7.00. The van der Waals surface area contributed by atoms with Crippen LogP contribution in [0.1, 0.15) is 61.3 Å². The van der Waals surface area contributed by atoms with E-state index in [1.54, 1.807) is 23.4 Å². The second-order valence-corrected chi connectivity index (χ2v) is 9.37. The number of ether oxygens (including phenoxy) is 3. The van der Waals surface area contributed by atoms with Gasteiger partial charge in [-0.3, -0.25) is 14.3 Å². The van der Waals surface area contributed by atoms with Crippen molar-refractivity contribution in [2.24, 2.45) is 0 Å². The Balaban J connectivity index is 1.80. The quantitative estimate of drug-likeness (QED) is 0.331. The maximum atomic E-state index is 13.6. The number of carbonyl (C=O) groups excluding carboxylic acids is 2. The van der Waals surface area contributed by atoms with Crippen LogP contribution in [0.2, 0.25) is 0 Å². The lowest BCUT2D eigenvalue weighted by molar-refractivity contribution is -0.00941. The van der Waals surface area contributed by atoms with Crippen molar-refractivity contribution in [3.8, 4) is 5.75 Å². The summed E-state index contributed by atoms with van der Waals surface area (Å²) in [6.07, 6.45) is -0.176. The molecule has 4 rings (SSSR count). The minimum Gasteiger partial charge on any atom is -0.451 e. The Morgan fingerprint density at radius 2 is 1.57 bits per heavy atom. The Bertz CT molecular complexity index is 1250. The van der Waals surface area contributed by atoms with Crippen molar-refractivity contribution < 1.29 is 23.8 Å². The number of aromatic nitrogens is 2. The first-order valence-corrected chi connectivity index (χ1v) is 12.3. The van der Waals surface area contributed by atoms with Crippen molar-refractivity contribution in [1.82, 2.24) is 14.7 Å². The van der Waals surface area contributed by atoms with E-state index >= 15 is 0 Å². The Hall–Kier alpha value is -4.14. The highest BCUT2D eigenvalue weighted by molar-refractivity contribution is 5.96. The van der Waals surface area contributed by atoms with Gasteiger partial charge in [-0.2, -0.15) is 5.10 Å². The van der Waals surface area contributed by atoms with Crippen LogP contribution in [0.15, 0.2) is 71.7 Å². The molecule has 0 radical (unpaired) electrons. The summed E-state index contributed by atoms with van der Waals surface area (Å²) >= 11 is 0. The van der Waals surface area contributed by atoms with Crippen LogP contribution in [0.3, 0.4) is 0 Å². The van der Waals surface area contributed by atoms with Gasteiger partial charge in [-0.15, -0.1) is 0 Å². The van der Waals surface area contributed by atoms with Crippen LogP contribution in [0, 0.1) is 0 Å². The normalized spacial score (nSPS) is 15.2. The van der Waals surface area contributed by atoms with Gasteiger partial charge in [-0.25, -0.2) is 4.79 Å². The fourth-order valence-electron chi connectivity index (χ4n) is 4.55. The van der Waals surface area contributed by atoms with Gasteiger partial charge in [-0.1, -0.05) is 60.7 Å². The Kier molecular flexibility index (Phi) is 7.91. The number of fused-ring (bicyclic) bond motifs is 1. The molecule has 1 aliphatic heterocycles. The molecule has 2 heterocycles. The molecule has 1 aromatic heterocycles. The van der Waals surface area contributed by atoms with E-state index in [9.17, 15) is 14.4 Å². The van der Waals surface area contributed by atoms with Gasteiger partial charge in [0, 0.05) is 18.5 Å². The minimum atomic E-state index is -0.931. The number of carbonyl (C=O) groups is 2. The van der Waals surface area contributed by atoms with Gasteiger partial charge in [0.25, 0.3) is 5.91 Å². The summed E-state index contributed by atoms with van der Waals surface area (Å²) < 4.78 is 17.0. The van der Waals surface area contributed by atoms with Crippen LogP contribution in [-0.2, 0) is 9.47 Å². The molecule has 9 heteroatoms. The van der Waals surface area contributed by atoms with Gasteiger partial charge in [0.05, 0.1) is 18.3 Å². The molecule has 0 unspecified atom stereocenters. The summed E-state index contributed by atoms with van der Waals surface area (Å²) in [7, 11) is 0. The van der Waals surface area contributed by atoms with E-state index in [-0.39, 0.29) is 41.5 Å². The number of rotatable bonds is 8. The Morgan fingerprint density at radius 3 is 2.11 bits per heavy atom. The predicted octanol–water partition coefficient (Wildman–Crippen LogP) is 4.38. The molecule has 194 valence electrons. The maximum Gasteiger partial charge on any atom is 0.511 e. The summed E-state index contributed by atoms with van der Waals surface area (Å²) in [4.78, 5) is 40.0. The van der Waals surface area contributed by atoms with Gasteiger partial charge in [0.2, 0.25) is 18.0 Å². The minimum absolute atomic E-state index is 0.0233. The summed E-state index contributed by atoms with van der Waals surface area (Å²) in [5.41, 5.74) is 1.53. The molecule has 3 aromatic rings. The highest BCUT2D eigenvalue weighted by atomic mass is 16.8. The SMILES string of the molecule is CC(C)OC(=O)OCOc1c2n(ncc1=O)[C@@H](C(c1ccccc1)c1ccccc1)CN(C(C)C)C2=O. The first-order chi connectivity index (χ1) is 17.8. The topological polar surface area (TPSA) is 100.0 Å². The Labute approximate surface area is 215 Å². The van der Waals surface area contributed by atoms with Crippen LogP contribution < -0.4 is 10.2 Å². The van der Waals surface area contributed by atoms with Gasteiger partial charge in [0.15, 0.2) is 5.69 Å². The lowest BCUT2D eigenvalue weighted by Crippen LogP contribution is -2.50. The molecule has 1 atom stereocenters. The van der Waals surface area contributed by atoms with E-state index in [1.165, 1.54) is 0 Å². The molecule has 0 saturated carbocycles. The van der Waals surface area contributed by atoms with Gasteiger partial charge in [0.1, 0.15) is 0 Å². The molecule has 2 aromatic carbocycles. The van der Waals surface area contributed by atoms with E-state index < -0.39 is 18.4 Å².